The second kappa shape index (κ2) is 8.04. The lowest BCUT2D eigenvalue weighted by Crippen LogP contribution is -2.30. The summed E-state index contributed by atoms with van der Waals surface area (Å²) in [7, 11) is 1.40. The molecular weight excluding hydrogens is 371 g/mol. The number of methoxy groups -OCH3 is 1. The Kier molecular flexibility index (Phi) is 6.06. The van der Waals surface area contributed by atoms with E-state index in [0.29, 0.717) is 10.7 Å². The molecule has 25 heavy (non-hydrogen) atoms. The Balaban J connectivity index is 2.15. The molecule has 0 saturated carbocycles. The zero-order chi connectivity index (χ0) is 18.6. The number of ether oxygens (including phenoxy) is 2. The second-order valence-corrected chi connectivity index (χ2v) is 5.81. The molecule has 0 bridgehead atoms. The summed E-state index contributed by atoms with van der Waals surface area (Å²) in [6.07, 6.45) is -0.956. The first-order chi connectivity index (χ1) is 11.8. The summed E-state index contributed by atoms with van der Waals surface area (Å²) in [4.78, 5) is 22.6. The van der Waals surface area contributed by atoms with Crippen LogP contribution >= 0.6 is 23.2 Å². The van der Waals surface area contributed by atoms with Crippen molar-refractivity contribution in [1.82, 2.24) is 0 Å². The Morgan fingerprint density at radius 1 is 1.20 bits per heavy atom. The Morgan fingerprint density at radius 2 is 1.92 bits per heavy atom. The maximum atomic E-state index is 12.3. The molecule has 0 unspecified atom stereocenters. The first-order valence-electron chi connectivity index (χ1n) is 7.07. The summed E-state index contributed by atoms with van der Waals surface area (Å²) in [6, 6.07) is 8.51. The normalized spacial score (nSPS) is 11.5. The lowest BCUT2D eigenvalue weighted by molar-refractivity contribution is -0.385. The van der Waals surface area contributed by atoms with Crippen molar-refractivity contribution in [3.8, 4) is 11.5 Å². The zero-order valence-electron chi connectivity index (χ0n) is 13.3. The van der Waals surface area contributed by atoms with Gasteiger partial charge in [-0.15, -0.1) is 0 Å². The van der Waals surface area contributed by atoms with Gasteiger partial charge in [0, 0.05) is 11.1 Å². The van der Waals surface area contributed by atoms with Crippen molar-refractivity contribution in [3.05, 3.63) is 56.6 Å². The van der Waals surface area contributed by atoms with Crippen molar-refractivity contribution in [1.29, 1.82) is 0 Å². The maximum Gasteiger partial charge on any atom is 0.273 e. The van der Waals surface area contributed by atoms with Gasteiger partial charge in [0.25, 0.3) is 11.6 Å². The van der Waals surface area contributed by atoms with E-state index in [4.69, 9.17) is 32.7 Å². The first-order valence-corrected chi connectivity index (χ1v) is 7.82. The van der Waals surface area contributed by atoms with Gasteiger partial charge in [-0.3, -0.25) is 14.9 Å². The molecule has 2 aromatic carbocycles. The topological polar surface area (TPSA) is 90.7 Å². The fourth-order valence-electron chi connectivity index (χ4n) is 1.94. The monoisotopic (exact) mass is 384 g/mol. The van der Waals surface area contributed by atoms with Crippen molar-refractivity contribution in [2.45, 2.75) is 13.0 Å². The number of nitro groups is 1. The van der Waals surface area contributed by atoms with Crippen molar-refractivity contribution in [3.63, 3.8) is 0 Å². The molecular formula is C16H14Cl2N2O5. The minimum Gasteiger partial charge on any atom is -0.493 e. The summed E-state index contributed by atoms with van der Waals surface area (Å²) in [5.41, 5.74) is 0.196. The van der Waals surface area contributed by atoms with Gasteiger partial charge in [-0.05, 0) is 31.2 Å². The molecule has 0 aliphatic carbocycles. The number of hydrogen-bond acceptors (Lipinski definition) is 5. The summed E-state index contributed by atoms with van der Waals surface area (Å²) in [5, 5.41) is 14.2. The molecule has 2 rings (SSSR count). The van der Waals surface area contributed by atoms with E-state index in [9.17, 15) is 14.9 Å². The minimum absolute atomic E-state index is 0.0848. The quantitative estimate of drug-likeness (QED) is 0.591. The van der Waals surface area contributed by atoms with Crippen LogP contribution in [0.4, 0.5) is 11.4 Å². The minimum atomic E-state index is -0.956. The number of halogens is 2. The van der Waals surface area contributed by atoms with Crippen LogP contribution in [0.2, 0.25) is 10.0 Å². The molecule has 0 aliphatic rings. The fourth-order valence-corrected chi connectivity index (χ4v) is 2.40. The highest BCUT2D eigenvalue weighted by molar-refractivity contribution is 6.36. The molecule has 1 N–H and O–H groups in total. The van der Waals surface area contributed by atoms with E-state index in [0.717, 1.165) is 0 Å². The van der Waals surface area contributed by atoms with Gasteiger partial charge in [-0.1, -0.05) is 23.2 Å². The molecule has 0 spiro atoms. The van der Waals surface area contributed by atoms with E-state index >= 15 is 0 Å². The van der Waals surface area contributed by atoms with Crippen LogP contribution in [0.3, 0.4) is 0 Å². The smallest absolute Gasteiger partial charge is 0.273 e. The van der Waals surface area contributed by atoms with Crippen LogP contribution in [0, 0.1) is 10.1 Å². The molecule has 9 heteroatoms. The number of nitro benzene ring substituents is 1. The predicted molar refractivity (Wildman–Crippen MR) is 94.8 cm³/mol. The molecule has 0 heterocycles. The molecule has 0 saturated heterocycles. The Bertz CT molecular complexity index is 813. The van der Waals surface area contributed by atoms with Gasteiger partial charge in [-0.25, -0.2) is 0 Å². The third kappa shape index (κ3) is 4.74. The molecule has 0 radical (unpaired) electrons. The molecule has 0 fully saturated rings. The Labute approximate surface area is 153 Å². The number of anilines is 1. The number of benzene rings is 2. The second-order valence-electron chi connectivity index (χ2n) is 4.97. The van der Waals surface area contributed by atoms with Crippen molar-refractivity contribution in [2.24, 2.45) is 0 Å². The van der Waals surface area contributed by atoms with Gasteiger partial charge >= 0.3 is 0 Å². The van der Waals surface area contributed by atoms with Crippen molar-refractivity contribution >= 4 is 40.5 Å². The number of nitrogens with one attached hydrogen (secondary N) is 1. The lowest BCUT2D eigenvalue weighted by atomic mass is 10.2. The highest BCUT2D eigenvalue weighted by Gasteiger charge is 2.20. The molecule has 132 valence electrons. The van der Waals surface area contributed by atoms with Crippen LogP contribution in [-0.4, -0.2) is 24.0 Å². The summed E-state index contributed by atoms with van der Waals surface area (Å²) in [5.74, 6) is -0.130. The average Bonchev–Trinajstić information content (AvgIpc) is 2.57. The Morgan fingerprint density at radius 3 is 2.52 bits per heavy atom. The van der Waals surface area contributed by atoms with Gasteiger partial charge in [0.15, 0.2) is 17.6 Å². The van der Waals surface area contributed by atoms with Crippen molar-refractivity contribution in [2.75, 3.05) is 12.4 Å². The van der Waals surface area contributed by atoms with Gasteiger partial charge in [-0.2, -0.15) is 0 Å². The van der Waals surface area contributed by atoms with Crippen LogP contribution < -0.4 is 14.8 Å². The number of amides is 1. The largest absolute Gasteiger partial charge is 0.493 e. The van der Waals surface area contributed by atoms with Crippen molar-refractivity contribution < 1.29 is 19.2 Å². The summed E-state index contributed by atoms with van der Waals surface area (Å²) < 4.78 is 10.6. The molecule has 1 amide bonds. The zero-order valence-corrected chi connectivity index (χ0v) is 14.8. The highest BCUT2D eigenvalue weighted by Crippen LogP contribution is 2.32. The van der Waals surface area contributed by atoms with E-state index in [1.54, 1.807) is 12.1 Å². The van der Waals surface area contributed by atoms with E-state index in [1.165, 1.54) is 38.3 Å². The molecule has 0 aromatic heterocycles. The number of carbonyl (C=O) groups excluding carboxylic acids is 1. The number of hydrogen-bond donors (Lipinski definition) is 1. The van der Waals surface area contributed by atoms with Crippen LogP contribution in [0.25, 0.3) is 0 Å². The van der Waals surface area contributed by atoms with E-state index < -0.39 is 16.9 Å². The Hall–Kier alpha value is -2.51. The molecule has 2 aromatic rings. The van der Waals surface area contributed by atoms with E-state index in [1.807, 2.05) is 0 Å². The average molecular weight is 385 g/mol. The first kappa shape index (κ1) is 18.8. The van der Waals surface area contributed by atoms with Crippen LogP contribution in [0.15, 0.2) is 36.4 Å². The van der Waals surface area contributed by atoms with E-state index in [-0.39, 0.29) is 22.2 Å². The number of carbonyl (C=O) groups is 1. The van der Waals surface area contributed by atoms with Gasteiger partial charge in [0.05, 0.1) is 28.8 Å². The van der Waals surface area contributed by atoms with Crippen LogP contribution in [-0.2, 0) is 4.79 Å². The van der Waals surface area contributed by atoms with Crippen LogP contribution in [0.5, 0.6) is 11.5 Å². The third-order valence-electron chi connectivity index (χ3n) is 3.22. The molecule has 7 nitrogen and oxygen atoms in total. The van der Waals surface area contributed by atoms with Gasteiger partial charge < -0.3 is 14.8 Å². The SMILES string of the molecule is COc1ccc([N+](=O)[O-])cc1O[C@@H](C)C(=O)Nc1ccc(Cl)cc1Cl. The van der Waals surface area contributed by atoms with Gasteiger partial charge in [0.2, 0.25) is 0 Å². The number of non-ortho nitro benzene ring substituents is 1. The van der Waals surface area contributed by atoms with Gasteiger partial charge in [0.1, 0.15) is 0 Å². The maximum absolute atomic E-state index is 12.3. The number of rotatable bonds is 6. The van der Waals surface area contributed by atoms with Crippen LogP contribution in [0.1, 0.15) is 6.92 Å². The number of nitrogens with zero attached hydrogens (tertiary/aromatic N) is 1. The summed E-state index contributed by atoms with van der Waals surface area (Å²) in [6.45, 7) is 1.50. The standard InChI is InChI=1S/C16H14Cl2N2O5/c1-9(16(21)19-13-5-3-10(17)7-12(13)18)25-15-8-11(20(22)23)4-6-14(15)24-2/h3-9H,1-2H3,(H,19,21)/t9-/m0/s1. The lowest BCUT2D eigenvalue weighted by Gasteiger charge is -2.17. The van der Waals surface area contributed by atoms with E-state index in [2.05, 4.69) is 5.32 Å². The molecule has 0 aliphatic heterocycles. The fraction of sp³-hybridized carbons (Fsp3) is 0.188. The molecule has 1 atom stereocenters. The highest BCUT2D eigenvalue weighted by atomic mass is 35.5. The summed E-state index contributed by atoms with van der Waals surface area (Å²) >= 11 is 11.8. The predicted octanol–water partition coefficient (Wildman–Crippen LogP) is 4.32. The third-order valence-corrected chi connectivity index (χ3v) is 3.77.